The fourth-order valence-corrected chi connectivity index (χ4v) is 5.73. The molecular formula is C28H35B3N8O6S. The SMILES string of the molecule is BC(B)(B)NC(=O)c1nnc(NC(=O)C2CC2)cc1Nc1cccc(-c2ncc(C(=O)NCC(O)CN3CCCC3=O)s2)c1OC. The molecule has 0 radical (unpaired) electrons. The normalized spacial score (nSPS) is 15.3. The Kier molecular flexibility index (Phi) is 9.96. The highest BCUT2D eigenvalue weighted by atomic mass is 32.1. The van der Waals surface area contributed by atoms with Crippen molar-refractivity contribution in [1.82, 2.24) is 30.7 Å². The first-order chi connectivity index (χ1) is 21.9. The van der Waals surface area contributed by atoms with Gasteiger partial charge in [0.1, 0.15) is 33.4 Å². The number of nitrogens with zero attached hydrogens (tertiary/aromatic N) is 4. The third-order valence-corrected chi connectivity index (χ3v) is 8.28. The second-order valence-corrected chi connectivity index (χ2v) is 13.3. The van der Waals surface area contributed by atoms with E-state index in [0.29, 0.717) is 45.5 Å². The fraction of sp³-hybridized carbons (Fsp3) is 0.393. The van der Waals surface area contributed by atoms with Gasteiger partial charge in [-0.1, -0.05) is 6.07 Å². The van der Waals surface area contributed by atoms with Gasteiger partial charge < -0.3 is 36.0 Å². The number of ether oxygens (including phenoxy) is 1. The van der Waals surface area contributed by atoms with E-state index in [9.17, 15) is 24.3 Å². The first kappa shape index (κ1) is 32.9. The smallest absolute Gasteiger partial charge is 0.272 e. The zero-order chi connectivity index (χ0) is 33.0. The zero-order valence-corrected chi connectivity index (χ0v) is 27.0. The van der Waals surface area contributed by atoms with Gasteiger partial charge in [0.05, 0.1) is 36.3 Å². The van der Waals surface area contributed by atoms with Crippen molar-refractivity contribution in [1.29, 1.82) is 0 Å². The second kappa shape index (κ2) is 13.9. The number of β-amino-alcohol motifs (C(OH)–C–C–N with tert-alkyl or cyclic N) is 1. The molecule has 5 rings (SSSR count). The molecule has 4 amide bonds. The van der Waals surface area contributed by atoms with Crippen molar-refractivity contribution in [3.63, 3.8) is 0 Å². The van der Waals surface area contributed by atoms with E-state index in [1.54, 1.807) is 29.2 Å². The number of methoxy groups -OCH3 is 1. The summed E-state index contributed by atoms with van der Waals surface area (Å²) < 4.78 is 5.77. The summed E-state index contributed by atoms with van der Waals surface area (Å²) in [5.74, 6) is -0.436. The largest absolute Gasteiger partial charge is 0.494 e. The minimum absolute atomic E-state index is 0.00718. The van der Waals surface area contributed by atoms with Crippen molar-refractivity contribution < 1.29 is 29.0 Å². The molecule has 1 aliphatic heterocycles. The number of likely N-dealkylation sites (tertiary alicyclic amines) is 1. The molecular weight excluding hydrogens is 609 g/mol. The Labute approximate surface area is 272 Å². The number of amides is 4. The molecule has 14 nitrogen and oxygen atoms in total. The number of hydrogen-bond acceptors (Lipinski definition) is 11. The molecule has 1 saturated heterocycles. The van der Waals surface area contributed by atoms with Crippen LogP contribution in [0.1, 0.15) is 45.8 Å². The Morgan fingerprint density at radius 1 is 1.17 bits per heavy atom. The maximum absolute atomic E-state index is 13.2. The quantitative estimate of drug-likeness (QED) is 0.139. The van der Waals surface area contributed by atoms with Crippen LogP contribution >= 0.6 is 11.3 Å². The van der Waals surface area contributed by atoms with E-state index in [2.05, 4.69) is 36.4 Å². The van der Waals surface area contributed by atoms with Crippen LogP contribution in [0.2, 0.25) is 0 Å². The topological polar surface area (TPSA) is 188 Å². The number of anilines is 3. The summed E-state index contributed by atoms with van der Waals surface area (Å²) >= 11 is 1.14. The molecule has 5 N–H and O–H groups in total. The summed E-state index contributed by atoms with van der Waals surface area (Å²) in [5.41, 5.74) is 1.40. The number of hydrogen-bond donors (Lipinski definition) is 5. The number of aliphatic hydroxyl groups is 1. The van der Waals surface area contributed by atoms with Crippen LogP contribution < -0.4 is 26.0 Å². The minimum atomic E-state index is -0.887. The van der Waals surface area contributed by atoms with Gasteiger partial charge in [-0.05, 0) is 36.6 Å². The van der Waals surface area contributed by atoms with Crippen molar-refractivity contribution in [2.45, 2.75) is 37.0 Å². The average molecular weight is 644 g/mol. The highest BCUT2D eigenvalue weighted by Gasteiger charge is 2.30. The molecule has 18 heteroatoms. The summed E-state index contributed by atoms with van der Waals surface area (Å²) in [7, 11) is 7.05. The van der Waals surface area contributed by atoms with Gasteiger partial charge in [-0.3, -0.25) is 19.2 Å². The van der Waals surface area contributed by atoms with E-state index in [4.69, 9.17) is 4.74 Å². The highest BCUT2D eigenvalue weighted by Crippen LogP contribution is 2.40. The fourth-order valence-electron chi connectivity index (χ4n) is 4.88. The van der Waals surface area contributed by atoms with Gasteiger partial charge in [-0.15, -0.1) is 21.5 Å². The molecule has 2 fully saturated rings. The maximum atomic E-state index is 13.2. The number of thiazole rings is 1. The number of aliphatic hydroxyl groups excluding tert-OH is 1. The standard InChI is InChI=1S/C28H35B3N8O6S/c1-45-23-16(27-33-12-19(46-27)25(43)32-11-15(40)13-39-9-3-6-21(39)41)4-2-5-17(23)34-18-10-20(35-24(42)14-7-8-14)37-38-22(18)26(44)36-28(29,30)31/h2,4-5,10,12,14-15,40H,3,6-9,11,13,29-31H2,1H3,(H,32,43)(H,36,44)(H2,34,35,37,42). The van der Waals surface area contributed by atoms with E-state index >= 15 is 0 Å². The lowest BCUT2D eigenvalue weighted by Crippen LogP contribution is -2.50. The number of benzene rings is 1. The van der Waals surface area contributed by atoms with Gasteiger partial charge in [0.25, 0.3) is 11.8 Å². The average Bonchev–Trinajstić information content (AvgIpc) is 3.61. The second-order valence-electron chi connectivity index (χ2n) is 12.3. The summed E-state index contributed by atoms with van der Waals surface area (Å²) in [6.07, 6.45) is 3.46. The summed E-state index contributed by atoms with van der Waals surface area (Å²) in [6.45, 7) is 0.775. The van der Waals surface area contributed by atoms with Crippen LogP contribution in [0.5, 0.6) is 5.75 Å². The number of aromatic nitrogens is 3. The van der Waals surface area contributed by atoms with Gasteiger partial charge >= 0.3 is 0 Å². The molecule has 3 heterocycles. The van der Waals surface area contributed by atoms with Crippen LogP contribution in [0.25, 0.3) is 10.6 Å². The Balaban J connectivity index is 1.35. The van der Waals surface area contributed by atoms with Gasteiger partial charge in [0.15, 0.2) is 17.3 Å². The number of rotatable bonds is 13. The number of para-hydroxylation sites is 1. The highest BCUT2D eigenvalue weighted by molar-refractivity contribution is 7.17. The van der Waals surface area contributed by atoms with Gasteiger partial charge in [-0.2, -0.15) is 0 Å². The minimum Gasteiger partial charge on any atom is -0.494 e. The molecule has 2 aliphatic rings. The molecule has 3 aromatic rings. The Hall–Kier alpha value is -4.44. The van der Waals surface area contributed by atoms with Crippen LogP contribution in [-0.4, -0.2) is 110 Å². The summed E-state index contributed by atoms with van der Waals surface area (Å²) in [5, 5.41) is 30.1. The molecule has 1 atom stereocenters. The number of carbonyl (C=O) groups is 4. The lowest BCUT2D eigenvalue weighted by atomic mass is 9.49. The third kappa shape index (κ3) is 8.23. The van der Waals surface area contributed by atoms with E-state index in [1.807, 2.05) is 23.5 Å². The molecule has 1 aromatic carbocycles. The van der Waals surface area contributed by atoms with Crippen LogP contribution in [0, 0.1) is 5.92 Å². The van der Waals surface area contributed by atoms with E-state index in [-0.39, 0.29) is 42.3 Å². The van der Waals surface area contributed by atoms with Crippen molar-refractivity contribution in [2.75, 3.05) is 37.4 Å². The van der Waals surface area contributed by atoms with Crippen molar-refractivity contribution in [3.8, 4) is 16.3 Å². The zero-order valence-electron chi connectivity index (χ0n) is 26.2. The van der Waals surface area contributed by atoms with Crippen LogP contribution in [0.3, 0.4) is 0 Å². The van der Waals surface area contributed by atoms with Gasteiger partial charge in [0.2, 0.25) is 11.8 Å². The predicted octanol–water partition coefficient (Wildman–Crippen LogP) is -1.35. The van der Waals surface area contributed by atoms with Gasteiger partial charge in [-0.25, -0.2) is 4.98 Å². The summed E-state index contributed by atoms with van der Waals surface area (Å²) in [4.78, 5) is 56.6. The van der Waals surface area contributed by atoms with Crippen molar-refractivity contribution in [2.24, 2.45) is 5.92 Å². The third-order valence-electron chi connectivity index (χ3n) is 7.25. The van der Waals surface area contributed by atoms with Crippen LogP contribution in [-0.2, 0) is 9.59 Å². The molecule has 0 bridgehead atoms. The molecule has 1 unspecified atom stereocenters. The molecule has 238 valence electrons. The van der Waals surface area contributed by atoms with Crippen molar-refractivity contribution >= 4 is 75.7 Å². The van der Waals surface area contributed by atoms with E-state index < -0.39 is 23.2 Å². The molecule has 2 aromatic heterocycles. The lowest BCUT2D eigenvalue weighted by Gasteiger charge is -2.22. The molecule has 1 aliphatic carbocycles. The monoisotopic (exact) mass is 644 g/mol. The molecule has 0 spiro atoms. The van der Waals surface area contributed by atoms with E-state index in [1.165, 1.54) is 13.3 Å². The number of nitrogens with one attached hydrogen (secondary N) is 4. The Morgan fingerprint density at radius 3 is 2.63 bits per heavy atom. The molecule has 1 saturated carbocycles. The van der Waals surface area contributed by atoms with Gasteiger partial charge in [0, 0.05) is 38.0 Å². The Morgan fingerprint density at radius 2 is 1.96 bits per heavy atom. The van der Waals surface area contributed by atoms with Crippen molar-refractivity contribution in [3.05, 3.63) is 41.0 Å². The first-order valence-corrected chi connectivity index (χ1v) is 15.9. The van der Waals surface area contributed by atoms with Crippen LogP contribution in [0.4, 0.5) is 17.2 Å². The van der Waals surface area contributed by atoms with E-state index in [0.717, 1.165) is 30.6 Å². The maximum Gasteiger partial charge on any atom is 0.272 e. The molecule has 46 heavy (non-hydrogen) atoms. The first-order valence-electron chi connectivity index (χ1n) is 15.1. The summed E-state index contributed by atoms with van der Waals surface area (Å²) in [6, 6.07) is 6.87. The Bertz CT molecular complexity index is 1650. The lowest BCUT2D eigenvalue weighted by molar-refractivity contribution is -0.128. The number of carbonyl (C=O) groups excluding carboxylic acids is 4. The predicted molar refractivity (Wildman–Crippen MR) is 181 cm³/mol. The van der Waals surface area contributed by atoms with Crippen LogP contribution in [0.15, 0.2) is 30.5 Å².